The van der Waals surface area contributed by atoms with Gasteiger partial charge in [-0.05, 0) is 56.5 Å². The lowest BCUT2D eigenvalue weighted by Gasteiger charge is -2.19. The molecule has 0 unspecified atom stereocenters. The summed E-state index contributed by atoms with van der Waals surface area (Å²) in [6.45, 7) is 8.48. The van der Waals surface area contributed by atoms with E-state index in [1.807, 2.05) is 70.2 Å². The Bertz CT molecular complexity index is 697. The standard InChI is InChI=1S/C20H25NO3/c1-5-18(24-19-12-7-9-14(3)15(19)4)20(22)21-16-10-8-11-17(13-16)23-6-2/h7-13,18H,5-6H2,1-4H3,(H,21,22)/t18-/m1/s1. The molecule has 0 aliphatic rings. The largest absolute Gasteiger partial charge is 0.494 e. The average Bonchev–Trinajstić information content (AvgIpc) is 2.56. The van der Waals surface area contributed by atoms with E-state index < -0.39 is 6.10 Å². The number of carbonyl (C=O) groups excluding carboxylic acids is 1. The molecule has 0 radical (unpaired) electrons. The van der Waals surface area contributed by atoms with Crippen LogP contribution in [0.25, 0.3) is 0 Å². The Kier molecular flexibility index (Phi) is 6.24. The van der Waals surface area contributed by atoms with Gasteiger partial charge in [0, 0.05) is 11.8 Å². The van der Waals surface area contributed by atoms with Crippen LogP contribution in [-0.2, 0) is 4.79 Å². The number of nitrogens with one attached hydrogen (secondary N) is 1. The van der Waals surface area contributed by atoms with Gasteiger partial charge >= 0.3 is 0 Å². The topological polar surface area (TPSA) is 47.6 Å². The van der Waals surface area contributed by atoms with Crippen LogP contribution in [0.15, 0.2) is 42.5 Å². The Morgan fingerprint density at radius 1 is 1.12 bits per heavy atom. The molecular formula is C20H25NO3. The molecular weight excluding hydrogens is 302 g/mol. The van der Waals surface area contributed by atoms with Gasteiger partial charge < -0.3 is 14.8 Å². The number of aryl methyl sites for hydroxylation is 1. The van der Waals surface area contributed by atoms with Gasteiger partial charge in [-0.15, -0.1) is 0 Å². The Hall–Kier alpha value is -2.49. The lowest BCUT2D eigenvalue weighted by Crippen LogP contribution is -2.32. The number of benzene rings is 2. The van der Waals surface area contributed by atoms with Gasteiger partial charge in [0.1, 0.15) is 11.5 Å². The summed E-state index contributed by atoms with van der Waals surface area (Å²) in [4.78, 5) is 12.5. The van der Waals surface area contributed by atoms with Gasteiger partial charge in [0.25, 0.3) is 5.91 Å². The van der Waals surface area contributed by atoms with E-state index in [2.05, 4.69) is 5.32 Å². The van der Waals surface area contributed by atoms with Gasteiger partial charge in [-0.3, -0.25) is 4.79 Å². The lowest BCUT2D eigenvalue weighted by molar-refractivity contribution is -0.122. The molecule has 0 spiro atoms. The monoisotopic (exact) mass is 327 g/mol. The first kappa shape index (κ1) is 17.9. The molecule has 0 aromatic heterocycles. The fourth-order valence-corrected chi connectivity index (χ4v) is 2.38. The molecule has 2 aromatic rings. The molecule has 128 valence electrons. The summed E-state index contributed by atoms with van der Waals surface area (Å²) in [6, 6.07) is 13.2. The third-order valence-electron chi connectivity index (χ3n) is 3.90. The summed E-state index contributed by atoms with van der Waals surface area (Å²) in [5.74, 6) is 1.32. The van der Waals surface area contributed by atoms with Crippen molar-refractivity contribution in [1.82, 2.24) is 0 Å². The summed E-state index contributed by atoms with van der Waals surface area (Å²) in [7, 11) is 0. The minimum atomic E-state index is -0.541. The van der Waals surface area contributed by atoms with E-state index in [9.17, 15) is 4.79 Å². The predicted molar refractivity (Wildman–Crippen MR) is 96.9 cm³/mol. The summed E-state index contributed by atoms with van der Waals surface area (Å²) >= 11 is 0. The zero-order valence-corrected chi connectivity index (χ0v) is 14.8. The number of ether oxygens (including phenoxy) is 2. The van der Waals surface area contributed by atoms with Gasteiger partial charge in [-0.2, -0.15) is 0 Å². The third-order valence-corrected chi connectivity index (χ3v) is 3.90. The van der Waals surface area contributed by atoms with Crippen LogP contribution in [0.2, 0.25) is 0 Å². The molecule has 0 heterocycles. The van der Waals surface area contributed by atoms with Gasteiger partial charge in [0.2, 0.25) is 0 Å². The first-order valence-electron chi connectivity index (χ1n) is 8.31. The molecule has 0 aliphatic heterocycles. The minimum Gasteiger partial charge on any atom is -0.494 e. The Labute approximate surface area is 143 Å². The molecule has 2 aromatic carbocycles. The lowest BCUT2D eigenvalue weighted by atomic mass is 10.1. The summed E-state index contributed by atoms with van der Waals surface area (Å²) in [6.07, 6.45) is 0.0472. The number of carbonyl (C=O) groups is 1. The fourth-order valence-electron chi connectivity index (χ4n) is 2.38. The smallest absolute Gasteiger partial charge is 0.265 e. The maximum atomic E-state index is 12.5. The highest BCUT2D eigenvalue weighted by molar-refractivity contribution is 5.94. The van der Waals surface area contributed by atoms with Crippen molar-refractivity contribution in [3.05, 3.63) is 53.6 Å². The van der Waals surface area contributed by atoms with Gasteiger partial charge in [-0.25, -0.2) is 0 Å². The van der Waals surface area contributed by atoms with Crippen molar-refractivity contribution in [2.24, 2.45) is 0 Å². The van der Waals surface area contributed by atoms with Crippen molar-refractivity contribution in [3.8, 4) is 11.5 Å². The molecule has 1 amide bonds. The van der Waals surface area contributed by atoms with Crippen molar-refractivity contribution >= 4 is 11.6 Å². The minimum absolute atomic E-state index is 0.160. The molecule has 0 aliphatic carbocycles. The van der Waals surface area contributed by atoms with E-state index in [1.54, 1.807) is 0 Å². The van der Waals surface area contributed by atoms with E-state index in [0.717, 1.165) is 22.6 Å². The molecule has 0 bridgehead atoms. The Balaban J connectivity index is 2.08. The van der Waals surface area contributed by atoms with Crippen molar-refractivity contribution in [1.29, 1.82) is 0 Å². The van der Waals surface area contributed by atoms with Crippen molar-refractivity contribution in [2.45, 2.75) is 40.2 Å². The number of hydrogen-bond acceptors (Lipinski definition) is 3. The molecule has 1 N–H and O–H groups in total. The van der Waals surface area contributed by atoms with Gasteiger partial charge in [0.05, 0.1) is 6.61 Å². The Morgan fingerprint density at radius 2 is 1.88 bits per heavy atom. The molecule has 24 heavy (non-hydrogen) atoms. The maximum Gasteiger partial charge on any atom is 0.265 e. The molecule has 1 atom stereocenters. The van der Waals surface area contributed by atoms with Crippen LogP contribution in [0.4, 0.5) is 5.69 Å². The van der Waals surface area contributed by atoms with Crippen molar-refractivity contribution < 1.29 is 14.3 Å². The first-order chi connectivity index (χ1) is 11.5. The second-order valence-electron chi connectivity index (χ2n) is 5.66. The third kappa shape index (κ3) is 4.51. The van der Waals surface area contributed by atoms with Crippen LogP contribution in [0.5, 0.6) is 11.5 Å². The average molecular weight is 327 g/mol. The normalized spacial score (nSPS) is 11.7. The van der Waals surface area contributed by atoms with Crippen LogP contribution < -0.4 is 14.8 Å². The zero-order valence-electron chi connectivity index (χ0n) is 14.8. The highest BCUT2D eigenvalue weighted by Gasteiger charge is 2.19. The molecule has 4 heteroatoms. The van der Waals surface area contributed by atoms with Crippen LogP contribution in [0.1, 0.15) is 31.4 Å². The molecule has 0 saturated heterocycles. The summed E-state index contributed by atoms with van der Waals surface area (Å²) in [5.41, 5.74) is 2.91. The highest BCUT2D eigenvalue weighted by Crippen LogP contribution is 2.23. The quantitative estimate of drug-likeness (QED) is 0.814. The van der Waals surface area contributed by atoms with E-state index in [4.69, 9.17) is 9.47 Å². The van der Waals surface area contributed by atoms with E-state index in [0.29, 0.717) is 18.7 Å². The van der Waals surface area contributed by atoms with Crippen molar-refractivity contribution in [2.75, 3.05) is 11.9 Å². The second kappa shape index (κ2) is 8.39. The first-order valence-corrected chi connectivity index (χ1v) is 8.31. The van der Waals surface area contributed by atoms with Crippen LogP contribution in [0, 0.1) is 13.8 Å². The van der Waals surface area contributed by atoms with E-state index >= 15 is 0 Å². The maximum absolute atomic E-state index is 12.5. The van der Waals surface area contributed by atoms with Gasteiger partial charge in [-0.1, -0.05) is 25.1 Å². The van der Waals surface area contributed by atoms with Crippen molar-refractivity contribution in [3.63, 3.8) is 0 Å². The second-order valence-corrected chi connectivity index (χ2v) is 5.66. The summed E-state index contributed by atoms with van der Waals surface area (Å²) in [5, 5.41) is 2.90. The van der Waals surface area contributed by atoms with Crippen LogP contribution in [-0.4, -0.2) is 18.6 Å². The van der Waals surface area contributed by atoms with E-state index in [-0.39, 0.29) is 5.91 Å². The fraction of sp³-hybridized carbons (Fsp3) is 0.350. The Morgan fingerprint density at radius 3 is 2.58 bits per heavy atom. The van der Waals surface area contributed by atoms with E-state index in [1.165, 1.54) is 0 Å². The number of anilines is 1. The number of amides is 1. The molecule has 0 saturated carbocycles. The molecule has 0 fully saturated rings. The molecule has 4 nitrogen and oxygen atoms in total. The van der Waals surface area contributed by atoms with Gasteiger partial charge in [0.15, 0.2) is 6.10 Å². The summed E-state index contributed by atoms with van der Waals surface area (Å²) < 4.78 is 11.4. The van der Waals surface area contributed by atoms with Crippen LogP contribution in [0.3, 0.4) is 0 Å². The van der Waals surface area contributed by atoms with Crippen LogP contribution >= 0.6 is 0 Å². The molecule has 2 rings (SSSR count). The zero-order chi connectivity index (χ0) is 17.5. The number of rotatable bonds is 7. The highest BCUT2D eigenvalue weighted by atomic mass is 16.5. The SMILES string of the molecule is CCOc1cccc(NC(=O)[C@@H](CC)Oc2cccc(C)c2C)c1. The number of hydrogen-bond donors (Lipinski definition) is 1. The predicted octanol–water partition coefficient (Wildman–Crippen LogP) is 4.50.